The third-order valence-corrected chi connectivity index (χ3v) is 6.04. The van der Waals surface area contributed by atoms with Crippen LogP contribution in [0.4, 0.5) is 4.79 Å². The molecule has 2 aliphatic heterocycles. The lowest BCUT2D eigenvalue weighted by Crippen LogP contribution is -2.50. The van der Waals surface area contributed by atoms with Crippen molar-refractivity contribution in [2.24, 2.45) is 4.99 Å². The lowest BCUT2D eigenvalue weighted by Gasteiger charge is -2.36. The van der Waals surface area contributed by atoms with Gasteiger partial charge in [0.05, 0.1) is 12.3 Å². The fourth-order valence-electron chi connectivity index (χ4n) is 4.18. The summed E-state index contributed by atoms with van der Waals surface area (Å²) in [5.41, 5.74) is 3.07. The van der Waals surface area contributed by atoms with Gasteiger partial charge in [-0.25, -0.2) is 14.7 Å². The van der Waals surface area contributed by atoms with Gasteiger partial charge in [-0.3, -0.25) is 9.69 Å². The summed E-state index contributed by atoms with van der Waals surface area (Å²) in [6, 6.07) is 10.2. The summed E-state index contributed by atoms with van der Waals surface area (Å²) in [4.78, 5) is 33.7. The van der Waals surface area contributed by atoms with Crippen LogP contribution in [0, 0.1) is 12.3 Å². The zero-order valence-corrected chi connectivity index (χ0v) is 19.6. The SMILES string of the molecule is C#CC(C)=N/C(C)=C(C=C)/C=C(\C)CN1C(=O)OC2(CCN(Cc3ccccc3)CC2)C1=O. The summed E-state index contributed by atoms with van der Waals surface area (Å²) in [6.45, 7) is 11.7. The van der Waals surface area contributed by atoms with E-state index in [4.69, 9.17) is 11.2 Å². The van der Waals surface area contributed by atoms with Crippen molar-refractivity contribution in [1.29, 1.82) is 0 Å². The van der Waals surface area contributed by atoms with Gasteiger partial charge in [0.2, 0.25) is 0 Å². The number of amides is 2. The molecular weight excluding hydrogens is 414 g/mol. The number of benzene rings is 1. The van der Waals surface area contributed by atoms with E-state index in [2.05, 4.69) is 34.5 Å². The number of allylic oxidation sites excluding steroid dienone is 4. The van der Waals surface area contributed by atoms with Crippen molar-refractivity contribution in [2.75, 3.05) is 19.6 Å². The smallest absolute Gasteiger partial charge is 0.418 e. The minimum atomic E-state index is -1.05. The number of hydrogen-bond donors (Lipinski definition) is 0. The fraction of sp³-hybridized carbons (Fsp3) is 0.370. The molecule has 0 bridgehead atoms. The molecule has 0 radical (unpaired) electrons. The van der Waals surface area contributed by atoms with Gasteiger partial charge in [0.25, 0.3) is 5.91 Å². The maximum atomic E-state index is 13.2. The molecule has 6 nitrogen and oxygen atoms in total. The number of rotatable bonds is 7. The summed E-state index contributed by atoms with van der Waals surface area (Å²) in [5, 5.41) is 0. The molecule has 3 rings (SSSR count). The number of carbonyl (C=O) groups excluding carboxylic acids is 2. The maximum Gasteiger partial charge on any atom is 0.418 e. The van der Waals surface area contributed by atoms with Gasteiger partial charge >= 0.3 is 6.09 Å². The van der Waals surface area contributed by atoms with Crippen molar-refractivity contribution in [3.63, 3.8) is 0 Å². The lowest BCUT2D eigenvalue weighted by molar-refractivity contribution is -0.140. The molecular formula is C27H31N3O3. The Kier molecular flexibility index (Phi) is 7.67. The number of carbonyl (C=O) groups is 2. The van der Waals surface area contributed by atoms with E-state index in [9.17, 15) is 9.59 Å². The largest absolute Gasteiger partial charge is 0.432 e. The summed E-state index contributed by atoms with van der Waals surface area (Å²) >= 11 is 0. The molecule has 2 aliphatic rings. The first-order valence-electron chi connectivity index (χ1n) is 11.1. The molecule has 6 heteroatoms. The second kappa shape index (κ2) is 10.5. The van der Waals surface area contributed by atoms with E-state index < -0.39 is 11.7 Å². The number of nitrogens with zero attached hydrogens (tertiary/aromatic N) is 3. The molecule has 0 aromatic heterocycles. The van der Waals surface area contributed by atoms with E-state index >= 15 is 0 Å². The third-order valence-electron chi connectivity index (χ3n) is 6.04. The number of hydrogen-bond acceptors (Lipinski definition) is 5. The van der Waals surface area contributed by atoms with Crippen molar-refractivity contribution in [3.8, 4) is 12.3 Å². The number of likely N-dealkylation sites (tertiary alicyclic amines) is 1. The van der Waals surface area contributed by atoms with Crippen molar-refractivity contribution in [2.45, 2.75) is 45.8 Å². The molecule has 0 atom stereocenters. The zero-order valence-electron chi connectivity index (χ0n) is 19.6. The number of terminal acetylenes is 1. The van der Waals surface area contributed by atoms with Gasteiger partial charge in [0.1, 0.15) is 0 Å². The van der Waals surface area contributed by atoms with Crippen LogP contribution in [0.1, 0.15) is 39.2 Å². The van der Waals surface area contributed by atoms with Crippen LogP contribution < -0.4 is 0 Å². The molecule has 2 heterocycles. The summed E-state index contributed by atoms with van der Waals surface area (Å²) in [5.74, 6) is 2.24. The van der Waals surface area contributed by atoms with Crippen LogP contribution in [0.15, 0.2) is 70.9 Å². The summed E-state index contributed by atoms with van der Waals surface area (Å²) in [7, 11) is 0. The highest BCUT2D eigenvalue weighted by atomic mass is 16.6. The quantitative estimate of drug-likeness (QED) is 0.352. The average Bonchev–Trinajstić information content (AvgIpc) is 3.03. The minimum Gasteiger partial charge on any atom is -0.432 e. The van der Waals surface area contributed by atoms with E-state index in [1.165, 1.54) is 10.5 Å². The topological polar surface area (TPSA) is 62.2 Å². The van der Waals surface area contributed by atoms with Crippen LogP contribution >= 0.6 is 0 Å². The first kappa shape index (κ1) is 24.2. The molecule has 0 N–H and O–H groups in total. The molecule has 2 amide bonds. The average molecular weight is 446 g/mol. The molecule has 1 aromatic carbocycles. The van der Waals surface area contributed by atoms with Crippen LogP contribution in [0.5, 0.6) is 0 Å². The lowest BCUT2D eigenvalue weighted by atomic mass is 9.90. The molecule has 172 valence electrons. The van der Waals surface area contributed by atoms with Crippen LogP contribution in [0.2, 0.25) is 0 Å². The molecule has 2 fully saturated rings. The highest BCUT2D eigenvalue weighted by Gasteiger charge is 2.54. The molecule has 0 unspecified atom stereocenters. The van der Waals surface area contributed by atoms with Crippen LogP contribution in [-0.2, 0) is 16.1 Å². The first-order valence-corrected chi connectivity index (χ1v) is 11.1. The Morgan fingerprint density at radius 2 is 1.88 bits per heavy atom. The fourth-order valence-corrected chi connectivity index (χ4v) is 4.18. The second-order valence-corrected chi connectivity index (χ2v) is 8.59. The van der Waals surface area contributed by atoms with Gasteiger partial charge in [0.15, 0.2) is 5.60 Å². The van der Waals surface area contributed by atoms with E-state index in [0.29, 0.717) is 31.6 Å². The Morgan fingerprint density at radius 3 is 2.48 bits per heavy atom. The highest BCUT2D eigenvalue weighted by molar-refractivity contribution is 6.03. The molecule has 1 spiro atoms. The molecule has 0 saturated carbocycles. The Morgan fingerprint density at radius 1 is 1.21 bits per heavy atom. The zero-order chi connectivity index (χ0) is 24.0. The van der Waals surface area contributed by atoms with Crippen molar-refractivity contribution >= 4 is 17.7 Å². The highest BCUT2D eigenvalue weighted by Crippen LogP contribution is 2.35. The number of imide groups is 1. The second-order valence-electron chi connectivity index (χ2n) is 8.59. The number of piperidine rings is 1. The predicted molar refractivity (Wildman–Crippen MR) is 130 cm³/mol. The van der Waals surface area contributed by atoms with Crippen LogP contribution in [0.25, 0.3) is 0 Å². The van der Waals surface area contributed by atoms with Gasteiger partial charge in [-0.05, 0) is 31.9 Å². The molecule has 0 aliphatic carbocycles. The summed E-state index contributed by atoms with van der Waals surface area (Å²) < 4.78 is 5.67. The number of ether oxygens (including phenoxy) is 1. The molecule has 33 heavy (non-hydrogen) atoms. The minimum absolute atomic E-state index is 0.162. The Balaban J connectivity index is 1.67. The van der Waals surface area contributed by atoms with Crippen molar-refractivity contribution in [3.05, 3.63) is 71.5 Å². The van der Waals surface area contributed by atoms with Gasteiger partial charge in [-0.2, -0.15) is 0 Å². The van der Waals surface area contributed by atoms with Gasteiger partial charge in [-0.1, -0.05) is 60.6 Å². The van der Waals surface area contributed by atoms with E-state index in [0.717, 1.165) is 23.4 Å². The Bertz CT molecular complexity index is 1050. The predicted octanol–water partition coefficient (Wildman–Crippen LogP) is 4.50. The molecule has 1 aromatic rings. The standard InChI is InChI=1S/C27H31N3O3/c1-6-21(4)28-22(5)24(7-2)17-20(3)18-30-25(31)27(33-26(30)32)13-15-29(16-14-27)19-23-11-9-8-10-12-23/h1,7-12,17H,2,13-16,18-19H2,3-5H3/b20-17+,24-22+,28-21?. The molecule has 2 saturated heterocycles. The van der Waals surface area contributed by atoms with E-state index in [1.807, 2.05) is 38.1 Å². The van der Waals surface area contributed by atoms with Gasteiger partial charge < -0.3 is 4.74 Å². The monoisotopic (exact) mass is 445 g/mol. The van der Waals surface area contributed by atoms with Gasteiger partial charge in [0, 0.05) is 38.2 Å². The van der Waals surface area contributed by atoms with Crippen LogP contribution in [0.3, 0.4) is 0 Å². The van der Waals surface area contributed by atoms with E-state index in [-0.39, 0.29) is 12.5 Å². The van der Waals surface area contributed by atoms with Crippen molar-refractivity contribution < 1.29 is 14.3 Å². The van der Waals surface area contributed by atoms with E-state index in [1.54, 1.807) is 13.0 Å². The first-order chi connectivity index (χ1) is 15.8. The van der Waals surface area contributed by atoms with Gasteiger partial charge in [-0.15, -0.1) is 6.42 Å². The Labute approximate surface area is 196 Å². The van der Waals surface area contributed by atoms with Crippen LogP contribution in [-0.4, -0.2) is 52.7 Å². The third kappa shape index (κ3) is 5.68. The maximum absolute atomic E-state index is 13.2. The summed E-state index contributed by atoms with van der Waals surface area (Å²) in [6.07, 6.45) is 9.34. The number of aliphatic imine (C=N–C) groups is 1. The normalized spacial score (nSPS) is 19.9. The van der Waals surface area contributed by atoms with Crippen molar-refractivity contribution in [1.82, 2.24) is 9.80 Å². The Hall–Kier alpha value is -3.43.